The standard InChI is InChI=1S/C34H49N3/c1-10-35(11-2)28-19-16-25(7)31(22-28)34(32-23-29(20-17-26(32)8)36(12-3)13-4)33-24-30(21-18-27(33)9)37(14-5)15-6/h16-24,34H,10-15H2,1-9H3. The summed E-state index contributed by atoms with van der Waals surface area (Å²) in [5.74, 6) is 0.168. The van der Waals surface area contributed by atoms with Crippen LogP contribution in [0.25, 0.3) is 0 Å². The Morgan fingerprint density at radius 1 is 0.432 bits per heavy atom. The van der Waals surface area contributed by atoms with E-state index in [-0.39, 0.29) is 5.92 Å². The van der Waals surface area contributed by atoms with Crippen LogP contribution < -0.4 is 14.7 Å². The Kier molecular flexibility index (Phi) is 10.1. The first-order chi connectivity index (χ1) is 17.8. The average Bonchev–Trinajstić information content (AvgIpc) is 2.91. The predicted octanol–water partition coefficient (Wildman–Crippen LogP) is 8.33. The molecule has 0 aliphatic rings. The molecule has 3 aromatic carbocycles. The number of hydrogen-bond donors (Lipinski definition) is 0. The first-order valence-corrected chi connectivity index (χ1v) is 14.4. The Labute approximate surface area is 227 Å². The van der Waals surface area contributed by atoms with Crippen LogP contribution in [0.3, 0.4) is 0 Å². The van der Waals surface area contributed by atoms with Crippen molar-refractivity contribution in [2.45, 2.75) is 68.2 Å². The van der Waals surface area contributed by atoms with Crippen LogP contribution in [0.4, 0.5) is 17.1 Å². The number of benzene rings is 3. The van der Waals surface area contributed by atoms with E-state index < -0.39 is 0 Å². The highest BCUT2D eigenvalue weighted by Gasteiger charge is 2.25. The van der Waals surface area contributed by atoms with Crippen LogP contribution in [0.5, 0.6) is 0 Å². The lowest BCUT2D eigenvalue weighted by atomic mass is 9.79. The monoisotopic (exact) mass is 499 g/mol. The minimum absolute atomic E-state index is 0.168. The molecule has 0 heterocycles. The highest BCUT2D eigenvalue weighted by atomic mass is 15.1. The average molecular weight is 500 g/mol. The molecule has 0 aliphatic heterocycles. The maximum absolute atomic E-state index is 2.46. The maximum Gasteiger partial charge on any atom is 0.0369 e. The van der Waals surface area contributed by atoms with E-state index in [2.05, 4.69) is 132 Å². The molecule has 3 aromatic rings. The lowest BCUT2D eigenvalue weighted by Gasteiger charge is -2.30. The van der Waals surface area contributed by atoms with Crippen molar-refractivity contribution in [1.82, 2.24) is 0 Å². The molecular weight excluding hydrogens is 450 g/mol. The fourth-order valence-corrected chi connectivity index (χ4v) is 5.68. The molecule has 3 nitrogen and oxygen atoms in total. The van der Waals surface area contributed by atoms with Crippen LogP contribution in [0.15, 0.2) is 54.6 Å². The van der Waals surface area contributed by atoms with Crippen LogP contribution in [0.2, 0.25) is 0 Å². The summed E-state index contributed by atoms with van der Waals surface area (Å²) in [4.78, 5) is 7.37. The fourth-order valence-electron chi connectivity index (χ4n) is 5.68. The summed E-state index contributed by atoms with van der Waals surface area (Å²) in [6, 6.07) is 21.2. The van der Waals surface area contributed by atoms with Crippen molar-refractivity contribution < 1.29 is 0 Å². The van der Waals surface area contributed by atoms with Gasteiger partial charge in [-0.3, -0.25) is 0 Å². The van der Waals surface area contributed by atoms with Gasteiger partial charge >= 0.3 is 0 Å². The van der Waals surface area contributed by atoms with Gasteiger partial charge < -0.3 is 14.7 Å². The third-order valence-corrected chi connectivity index (χ3v) is 8.11. The Bertz CT molecular complexity index is 1010. The molecule has 0 saturated heterocycles. The quantitative estimate of drug-likeness (QED) is 0.232. The van der Waals surface area contributed by atoms with E-state index in [9.17, 15) is 0 Å². The first kappa shape index (κ1) is 28.6. The molecule has 0 radical (unpaired) electrons. The summed E-state index contributed by atoms with van der Waals surface area (Å²) in [7, 11) is 0. The van der Waals surface area contributed by atoms with Gasteiger partial charge in [-0.25, -0.2) is 0 Å². The van der Waals surface area contributed by atoms with Crippen molar-refractivity contribution in [2.75, 3.05) is 54.0 Å². The maximum atomic E-state index is 2.46. The second kappa shape index (κ2) is 13.0. The molecule has 0 bridgehead atoms. The predicted molar refractivity (Wildman–Crippen MR) is 165 cm³/mol. The van der Waals surface area contributed by atoms with E-state index in [4.69, 9.17) is 0 Å². The molecule has 3 heteroatoms. The number of rotatable bonds is 12. The van der Waals surface area contributed by atoms with E-state index in [0.29, 0.717) is 0 Å². The topological polar surface area (TPSA) is 9.72 Å². The molecule has 200 valence electrons. The zero-order chi connectivity index (χ0) is 27.1. The molecular formula is C34H49N3. The number of hydrogen-bond acceptors (Lipinski definition) is 3. The summed E-state index contributed by atoms with van der Waals surface area (Å²) in [6.45, 7) is 26.4. The molecule has 0 atom stereocenters. The molecule has 0 spiro atoms. The van der Waals surface area contributed by atoms with Crippen molar-refractivity contribution >= 4 is 17.1 Å². The Balaban J connectivity index is 2.35. The number of anilines is 3. The highest BCUT2D eigenvalue weighted by molar-refractivity contribution is 5.63. The zero-order valence-corrected chi connectivity index (χ0v) is 24.9. The highest BCUT2D eigenvalue weighted by Crippen LogP contribution is 2.41. The smallest absolute Gasteiger partial charge is 0.0369 e. The van der Waals surface area contributed by atoms with E-state index in [0.717, 1.165) is 39.3 Å². The van der Waals surface area contributed by atoms with Crippen molar-refractivity contribution in [2.24, 2.45) is 0 Å². The third kappa shape index (κ3) is 6.14. The molecule has 0 N–H and O–H groups in total. The number of nitrogens with zero attached hydrogens (tertiary/aromatic N) is 3. The van der Waals surface area contributed by atoms with Gasteiger partial charge in [-0.15, -0.1) is 0 Å². The minimum Gasteiger partial charge on any atom is -0.372 e. The Hall–Kier alpha value is -2.94. The molecule has 0 aliphatic carbocycles. The van der Waals surface area contributed by atoms with E-state index in [1.807, 2.05) is 0 Å². The van der Waals surface area contributed by atoms with E-state index in [1.165, 1.54) is 50.4 Å². The lowest BCUT2D eigenvalue weighted by Crippen LogP contribution is -2.23. The summed E-state index contributed by atoms with van der Waals surface area (Å²) in [6.07, 6.45) is 0. The van der Waals surface area contributed by atoms with Gasteiger partial charge in [-0.2, -0.15) is 0 Å². The summed E-state index contributed by atoms with van der Waals surface area (Å²) < 4.78 is 0. The molecule has 0 unspecified atom stereocenters. The van der Waals surface area contributed by atoms with Crippen molar-refractivity contribution in [3.8, 4) is 0 Å². The van der Waals surface area contributed by atoms with Crippen molar-refractivity contribution in [3.05, 3.63) is 88.0 Å². The molecule has 37 heavy (non-hydrogen) atoms. The van der Waals surface area contributed by atoms with Gasteiger partial charge in [-0.05, 0) is 132 Å². The van der Waals surface area contributed by atoms with Crippen LogP contribution >= 0.6 is 0 Å². The first-order valence-electron chi connectivity index (χ1n) is 14.4. The molecule has 0 fully saturated rings. The SMILES string of the molecule is CCN(CC)c1ccc(C)c(C(c2cc(N(CC)CC)ccc2C)c2cc(N(CC)CC)ccc2C)c1. The molecule has 0 amide bonds. The van der Waals surface area contributed by atoms with Crippen LogP contribution in [-0.4, -0.2) is 39.3 Å². The van der Waals surface area contributed by atoms with Gasteiger partial charge in [0.1, 0.15) is 0 Å². The second-order valence-corrected chi connectivity index (χ2v) is 10.1. The van der Waals surface area contributed by atoms with Crippen molar-refractivity contribution in [1.29, 1.82) is 0 Å². The van der Waals surface area contributed by atoms with Crippen LogP contribution in [0.1, 0.15) is 80.8 Å². The second-order valence-electron chi connectivity index (χ2n) is 10.1. The molecule has 0 aromatic heterocycles. The van der Waals surface area contributed by atoms with Crippen molar-refractivity contribution in [3.63, 3.8) is 0 Å². The normalized spacial score (nSPS) is 11.2. The molecule has 0 saturated carbocycles. The summed E-state index contributed by atoms with van der Waals surface area (Å²) in [5.41, 5.74) is 12.2. The van der Waals surface area contributed by atoms with E-state index >= 15 is 0 Å². The Morgan fingerprint density at radius 3 is 0.892 bits per heavy atom. The van der Waals surface area contributed by atoms with Gasteiger partial charge in [0.05, 0.1) is 0 Å². The fraction of sp³-hybridized carbons (Fsp3) is 0.471. The van der Waals surface area contributed by atoms with E-state index in [1.54, 1.807) is 0 Å². The Morgan fingerprint density at radius 2 is 0.676 bits per heavy atom. The third-order valence-electron chi connectivity index (χ3n) is 8.11. The van der Waals surface area contributed by atoms with Gasteiger partial charge in [0.2, 0.25) is 0 Å². The summed E-state index contributed by atoms with van der Waals surface area (Å²) in [5, 5.41) is 0. The van der Waals surface area contributed by atoms with Crippen LogP contribution in [0, 0.1) is 20.8 Å². The zero-order valence-electron chi connectivity index (χ0n) is 24.9. The molecule has 3 rings (SSSR count). The minimum atomic E-state index is 0.168. The lowest BCUT2D eigenvalue weighted by molar-refractivity contribution is 0.849. The van der Waals surface area contributed by atoms with Gasteiger partial charge in [0, 0.05) is 62.2 Å². The largest absolute Gasteiger partial charge is 0.372 e. The van der Waals surface area contributed by atoms with Gasteiger partial charge in [0.15, 0.2) is 0 Å². The van der Waals surface area contributed by atoms with Gasteiger partial charge in [0.25, 0.3) is 0 Å². The van der Waals surface area contributed by atoms with Crippen LogP contribution in [-0.2, 0) is 0 Å². The number of aryl methyl sites for hydroxylation is 3. The summed E-state index contributed by atoms with van der Waals surface area (Å²) >= 11 is 0. The van der Waals surface area contributed by atoms with Gasteiger partial charge in [-0.1, -0.05) is 18.2 Å².